The van der Waals surface area contributed by atoms with Gasteiger partial charge in [-0.05, 0) is 36.6 Å². The minimum absolute atomic E-state index is 0.501. The monoisotopic (exact) mass is 302 g/mol. The maximum atomic E-state index is 5.92. The molecule has 3 rings (SSSR count). The van der Waals surface area contributed by atoms with Crippen LogP contribution in [0, 0.1) is 0 Å². The number of aromatic nitrogens is 2. The molecule has 2 heterocycles. The third kappa shape index (κ3) is 4.16. The lowest BCUT2D eigenvalue weighted by atomic mass is 10.0. The van der Waals surface area contributed by atoms with Crippen LogP contribution in [0.1, 0.15) is 18.4 Å². The van der Waals surface area contributed by atoms with Crippen LogP contribution in [0.5, 0.6) is 0 Å². The fraction of sp³-hybridized carbons (Fsp3) is 0.375. The van der Waals surface area contributed by atoms with E-state index in [-0.39, 0.29) is 0 Å². The number of nitrogens with zero attached hydrogens (tertiary/aromatic N) is 3. The molecule has 4 nitrogen and oxygen atoms in total. The Bertz CT molecular complexity index is 550. The Labute approximate surface area is 130 Å². The number of halogens is 1. The highest BCUT2D eigenvalue weighted by molar-refractivity contribution is 6.30. The standard InChI is InChI=1S/C16H19ClN4/c17-14-3-1-13(2-4-14)11-21-9-6-15(7-10-21)20-16-5-8-18-12-19-16/h1-5,8,12,15H,6-7,9-11H2,(H,18,19,20). The minimum atomic E-state index is 0.501. The summed E-state index contributed by atoms with van der Waals surface area (Å²) in [6.07, 6.45) is 5.62. The number of anilines is 1. The highest BCUT2D eigenvalue weighted by Gasteiger charge is 2.19. The third-order valence-corrected chi connectivity index (χ3v) is 4.09. The molecule has 1 saturated heterocycles. The summed E-state index contributed by atoms with van der Waals surface area (Å²) in [6, 6.07) is 10.5. The second-order valence-electron chi connectivity index (χ2n) is 5.42. The van der Waals surface area contributed by atoms with Crippen molar-refractivity contribution in [3.63, 3.8) is 0 Å². The number of rotatable bonds is 4. The summed E-state index contributed by atoms with van der Waals surface area (Å²) >= 11 is 5.92. The highest BCUT2D eigenvalue weighted by atomic mass is 35.5. The maximum Gasteiger partial charge on any atom is 0.129 e. The summed E-state index contributed by atoms with van der Waals surface area (Å²) in [5.41, 5.74) is 1.32. The average Bonchev–Trinajstić information content (AvgIpc) is 2.53. The topological polar surface area (TPSA) is 41.0 Å². The van der Waals surface area contributed by atoms with E-state index >= 15 is 0 Å². The van der Waals surface area contributed by atoms with Crippen LogP contribution < -0.4 is 5.32 Å². The lowest BCUT2D eigenvalue weighted by Gasteiger charge is -2.32. The Balaban J connectivity index is 1.47. The van der Waals surface area contributed by atoms with E-state index in [0.29, 0.717) is 6.04 Å². The van der Waals surface area contributed by atoms with E-state index < -0.39 is 0 Å². The largest absolute Gasteiger partial charge is 0.367 e. The van der Waals surface area contributed by atoms with Crippen LogP contribution in [0.25, 0.3) is 0 Å². The van der Waals surface area contributed by atoms with Crippen LogP contribution >= 0.6 is 11.6 Å². The van der Waals surface area contributed by atoms with Crippen molar-refractivity contribution in [2.24, 2.45) is 0 Å². The molecule has 0 spiro atoms. The molecule has 21 heavy (non-hydrogen) atoms. The van der Waals surface area contributed by atoms with Crippen molar-refractivity contribution in [2.75, 3.05) is 18.4 Å². The molecule has 1 N–H and O–H groups in total. The van der Waals surface area contributed by atoms with Crippen LogP contribution in [-0.2, 0) is 6.54 Å². The Kier molecular flexibility index (Phi) is 4.68. The first-order valence-corrected chi connectivity index (χ1v) is 7.67. The Hall–Kier alpha value is -1.65. The SMILES string of the molecule is Clc1ccc(CN2CCC(Nc3ccncn3)CC2)cc1. The van der Waals surface area contributed by atoms with Crippen molar-refractivity contribution in [1.82, 2.24) is 14.9 Å². The number of piperidine rings is 1. The maximum absolute atomic E-state index is 5.92. The molecule has 0 saturated carbocycles. The molecule has 0 radical (unpaired) electrons. The summed E-state index contributed by atoms with van der Waals surface area (Å²) in [5, 5.41) is 4.28. The Morgan fingerprint density at radius 2 is 1.90 bits per heavy atom. The van der Waals surface area contributed by atoms with Gasteiger partial charge in [0, 0.05) is 36.9 Å². The first kappa shape index (κ1) is 14.3. The van der Waals surface area contributed by atoms with Crippen molar-refractivity contribution in [3.8, 4) is 0 Å². The fourth-order valence-corrected chi connectivity index (χ4v) is 2.79. The average molecular weight is 303 g/mol. The van der Waals surface area contributed by atoms with Gasteiger partial charge in [0.15, 0.2) is 0 Å². The smallest absolute Gasteiger partial charge is 0.129 e. The minimum Gasteiger partial charge on any atom is -0.367 e. The van der Waals surface area contributed by atoms with Gasteiger partial charge < -0.3 is 5.32 Å². The van der Waals surface area contributed by atoms with Crippen molar-refractivity contribution in [1.29, 1.82) is 0 Å². The zero-order chi connectivity index (χ0) is 14.5. The highest BCUT2D eigenvalue weighted by Crippen LogP contribution is 2.17. The molecule has 1 aromatic heterocycles. The molecule has 1 fully saturated rings. The zero-order valence-corrected chi connectivity index (χ0v) is 12.6. The van der Waals surface area contributed by atoms with Gasteiger partial charge in [0.05, 0.1) is 0 Å². The van der Waals surface area contributed by atoms with Crippen LogP contribution in [0.3, 0.4) is 0 Å². The van der Waals surface area contributed by atoms with Gasteiger partial charge in [-0.3, -0.25) is 4.90 Å². The molecular weight excluding hydrogens is 284 g/mol. The Morgan fingerprint density at radius 3 is 2.57 bits per heavy atom. The van der Waals surface area contributed by atoms with Crippen LogP contribution in [0.4, 0.5) is 5.82 Å². The summed E-state index contributed by atoms with van der Waals surface area (Å²) in [5.74, 6) is 0.918. The molecule has 0 aliphatic carbocycles. The predicted molar refractivity (Wildman–Crippen MR) is 85.4 cm³/mol. The van der Waals surface area contributed by atoms with Crippen molar-refractivity contribution in [3.05, 3.63) is 53.4 Å². The predicted octanol–water partition coefficient (Wildman–Crippen LogP) is 3.21. The zero-order valence-electron chi connectivity index (χ0n) is 11.9. The van der Waals surface area contributed by atoms with Gasteiger partial charge in [-0.15, -0.1) is 0 Å². The van der Waals surface area contributed by atoms with Crippen LogP contribution in [0.15, 0.2) is 42.9 Å². The number of likely N-dealkylation sites (tertiary alicyclic amines) is 1. The van der Waals surface area contributed by atoms with Crippen LogP contribution in [0.2, 0.25) is 5.02 Å². The van der Waals surface area contributed by atoms with Crippen molar-refractivity contribution in [2.45, 2.75) is 25.4 Å². The molecule has 110 valence electrons. The van der Waals surface area contributed by atoms with E-state index in [1.165, 1.54) is 5.56 Å². The van der Waals surface area contributed by atoms with E-state index in [1.54, 1.807) is 12.5 Å². The molecule has 0 unspecified atom stereocenters. The van der Waals surface area contributed by atoms with E-state index in [0.717, 1.165) is 43.3 Å². The van der Waals surface area contributed by atoms with Gasteiger partial charge in [-0.1, -0.05) is 23.7 Å². The first-order chi connectivity index (χ1) is 10.3. The van der Waals surface area contributed by atoms with Crippen LogP contribution in [-0.4, -0.2) is 34.0 Å². The summed E-state index contributed by atoms with van der Waals surface area (Å²) < 4.78 is 0. The van der Waals surface area contributed by atoms with Crippen molar-refractivity contribution >= 4 is 17.4 Å². The second kappa shape index (κ2) is 6.87. The summed E-state index contributed by atoms with van der Waals surface area (Å²) in [7, 11) is 0. The van der Waals surface area contributed by atoms with Gasteiger partial charge in [0.1, 0.15) is 12.1 Å². The summed E-state index contributed by atoms with van der Waals surface area (Å²) in [6.45, 7) is 3.20. The molecular formula is C16H19ClN4. The molecule has 1 aliphatic heterocycles. The molecule has 2 aromatic rings. The second-order valence-corrected chi connectivity index (χ2v) is 5.85. The molecule has 1 aromatic carbocycles. The van der Waals surface area contributed by atoms with Gasteiger partial charge in [0.2, 0.25) is 0 Å². The van der Waals surface area contributed by atoms with E-state index in [1.807, 2.05) is 18.2 Å². The number of hydrogen-bond acceptors (Lipinski definition) is 4. The number of nitrogens with one attached hydrogen (secondary N) is 1. The number of hydrogen-bond donors (Lipinski definition) is 1. The van der Waals surface area contributed by atoms with E-state index in [4.69, 9.17) is 11.6 Å². The fourth-order valence-electron chi connectivity index (χ4n) is 2.67. The third-order valence-electron chi connectivity index (χ3n) is 3.84. The lowest BCUT2D eigenvalue weighted by molar-refractivity contribution is 0.211. The van der Waals surface area contributed by atoms with Gasteiger partial charge in [-0.25, -0.2) is 9.97 Å². The first-order valence-electron chi connectivity index (χ1n) is 7.29. The lowest BCUT2D eigenvalue weighted by Crippen LogP contribution is -2.38. The summed E-state index contributed by atoms with van der Waals surface area (Å²) in [4.78, 5) is 10.6. The van der Waals surface area contributed by atoms with Crippen molar-refractivity contribution < 1.29 is 0 Å². The number of benzene rings is 1. The van der Waals surface area contributed by atoms with Gasteiger partial charge >= 0.3 is 0 Å². The molecule has 0 amide bonds. The Morgan fingerprint density at radius 1 is 1.14 bits per heavy atom. The molecule has 1 aliphatic rings. The quantitative estimate of drug-likeness (QED) is 0.941. The van der Waals surface area contributed by atoms with E-state index in [2.05, 4.69) is 32.3 Å². The normalized spacial score (nSPS) is 16.8. The molecule has 5 heteroatoms. The molecule has 0 atom stereocenters. The van der Waals surface area contributed by atoms with Gasteiger partial charge in [-0.2, -0.15) is 0 Å². The molecule has 0 bridgehead atoms. The van der Waals surface area contributed by atoms with Gasteiger partial charge in [0.25, 0.3) is 0 Å². The van der Waals surface area contributed by atoms with E-state index in [9.17, 15) is 0 Å².